The van der Waals surface area contributed by atoms with Gasteiger partial charge in [-0.15, -0.1) is 0 Å². The number of ether oxygens (including phenoxy) is 2. The first-order valence-corrected chi connectivity index (χ1v) is 7.01. The summed E-state index contributed by atoms with van der Waals surface area (Å²) in [7, 11) is 1.52. The molecule has 116 valence electrons. The van der Waals surface area contributed by atoms with E-state index in [1.54, 1.807) is 19.1 Å². The van der Waals surface area contributed by atoms with Crippen LogP contribution in [0.1, 0.15) is 36.7 Å². The first-order chi connectivity index (χ1) is 9.90. The number of amides is 1. The van der Waals surface area contributed by atoms with E-state index < -0.39 is 5.97 Å². The number of esters is 1. The number of nitrogens with zero attached hydrogens (tertiary/aromatic N) is 1. The summed E-state index contributed by atoms with van der Waals surface area (Å²) >= 11 is 0. The first kappa shape index (κ1) is 17.0. The fourth-order valence-corrected chi connectivity index (χ4v) is 1.98. The molecule has 5 heteroatoms. The topological polar surface area (TPSA) is 55.8 Å². The van der Waals surface area contributed by atoms with E-state index >= 15 is 0 Å². The summed E-state index contributed by atoms with van der Waals surface area (Å²) in [6, 6.07) is 5.28. The maximum atomic E-state index is 12.7. The Kier molecular flexibility index (Phi) is 6.21. The van der Waals surface area contributed by atoms with Crippen LogP contribution in [0, 0.1) is 6.92 Å². The van der Waals surface area contributed by atoms with Crippen molar-refractivity contribution in [3.8, 4) is 5.75 Å². The zero-order valence-corrected chi connectivity index (χ0v) is 13.3. The molecular weight excluding hydrogens is 270 g/mol. The maximum Gasteiger partial charge on any atom is 0.325 e. The van der Waals surface area contributed by atoms with E-state index in [1.165, 1.54) is 12.0 Å². The van der Waals surface area contributed by atoms with Crippen LogP contribution in [0.15, 0.2) is 18.2 Å². The molecule has 1 rings (SSSR count). The van der Waals surface area contributed by atoms with Crippen LogP contribution in [0.3, 0.4) is 0 Å². The van der Waals surface area contributed by atoms with E-state index in [0.717, 1.165) is 5.56 Å². The summed E-state index contributed by atoms with van der Waals surface area (Å²) < 4.78 is 10.2. The fraction of sp³-hybridized carbons (Fsp3) is 0.500. The third-order valence-corrected chi connectivity index (χ3v) is 3.07. The number of aryl methyl sites for hydroxylation is 1. The van der Waals surface area contributed by atoms with Crippen molar-refractivity contribution >= 4 is 11.9 Å². The third-order valence-electron chi connectivity index (χ3n) is 3.07. The molecule has 1 amide bonds. The lowest BCUT2D eigenvalue weighted by Crippen LogP contribution is -2.41. The molecule has 0 aliphatic rings. The Morgan fingerprint density at radius 2 is 1.95 bits per heavy atom. The summed E-state index contributed by atoms with van der Waals surface area (Å²) in [6.45, 7) is 7.59. The van der Waals surface area contributed by atoms with Crippen LogP contribution in [0.25, 0.3) is 0 Å². The van der Waals surface area contributed by atoms with E-state index in [-0.39, 0.29) is 18.5 Å². The highest BCUT2D eigenvalue weighted by Gasteiger charge is 2.24. The van der Waals surface area contributed by atoms with E-state index in [9.17, 15) is 9.59 Å². The summed E-state index contributed by atoms with van der Waals surface area (Å²) in [5, 5.41) is 0. The minimum Gasteiger partial charge on any atom is -0.496 e. The second kappa shape index (κ2) is 7.67. The van der Waals surface area contributed by atoms with Gasteiger partial charge in [-0.05, 0) is 39.8 Å². The molecule has 21 heavy (non-hydrogen) atoms. The number of methoxy groups -OCH3 is 1. The number of carbonyl (C=O) groups excluding carboxylic acids is 2. The number of benzene rings is 1. The second-order valence-corrected chi connectivity index (χ2v) is 5.04. The van der Waals surface area contributed by atoms with Crippen molar-refractivity contribution in [1.82, 2.24) is 4.90 Å². The molecule has 0 heterocycles. The maximum absolute atomic E-state index is 12.7. The predicted molar refractivity (Wildman–Crippen MR) is 80.5 cm³/mol. The fourth-order valence-electron chi connectivity index (χ4n) is 1.98. The number of carbonyl (C=O) groups is 2. The summed E-state index contributed by atoms with van der Waals surface area (Å²) in [5.41, 5.74) is 1.41. The molecule has 0 atom stereocenters. The van der Waals surface area contributed by atoms with Crippen LogP contribution in [-0.2, 0) is 9.53 Å². The molecule has 0 radical (unpaired) electrons. The molecule has 0 bridgehead atoms. The average molecular weight is 293 g/mol. The SMILES string of the molecule is CCOC(=O)CN(C(=O)c1cc(C)ccc1OC)C(C)C. The monoisotopic (exact) mass is 293 g/mol. The van der Waals surface area contributed by atoms with Gasteiger partial charge in [0, 0.05) is 6.04 Å². The Morgan fingerprint density at radius 1 is 1.29 bits per heavy atom. The Balaban J connectivity index is 3.06. The van der Waals surface area contributed by atoms with Crippen molar-refractivity contribution in [3.05, 3.63) is 29.3 Å². The van der Waals surface area contributed by atoms with Gasteiger partial charge in [0.1, 0.15) is 12.3 Å². The molecule has 1 aromatic carbocycles. The van der Waals surface area contributed by atoms with Crippen LogP contribution < -0.4 is 4.74 Å². The molecule has 1 aromatic rings. The van der Waals surface area contributed by atoms with Crippen LogP contribution in [0.5, 0.6) is 5.75 Å². The van der Waals surface area contributed by atoms with Crippen molar-refractivity contribution < 1.29 is 19.1 Å². The largest absolute Gasteiger partial charge is 0.496 e. The van der Waals surface area contributed by atoms with Gasteiger partial charge in [-0.1, -0.05) is 11.6 Å². The van der Waals surface area contributed by atoms with Gasteiger partial charge in [0.15, 0.2) is 0 Å². The Morgan fingerprint density at radius 3 is 2.48 bits per heavy atom. The molecule has 0 fully saturated rings. The van der Waals surface area contributed by atoms with Crippen molar-refractivity contribution in [1.29, 1.82) is 0 Å². The Bertz CT molecular complexity index is 511. The zero-order chi connectivity index (χ0) is 16.0. The average Bonchev–Trinajstić information content (AvgIpc) is 2.44. The third kappa shape index (κ3) is 4.48. The highest BCUT2D eigenvalue weighted by Crippen LogP contribution is 2.22. The number of rotatable bonds is 6. The minimum atomic E-state index is -0.411. The lowest BCUT2D eigenvalue weighted by molar-refractivity contribution is -0.144. The minimum absolute atomic E-state index is 0.0680. The number of hydrogen-bond donors (Lipinski definition) is 0. The van der Waals surface area contributed by atoms with Crippen LogP contribution in [-0.4, -0.2) is 43.1 Å². The molecule has 0 unspecified atom stereocenters. The van der Waals surface area contributed by atoms with Crippen molar-refractivity contribution in [3.63, 3.8) is 0 Å². The van der Waals surface area contributed by atoms with E-state index in [2.05, 4.69) is 0 Å². The van der Waals surface area contributed by atoms with Gasteiger partial charge in [0.25, 0.3) is 5.91 Å². The van der Waals surface area contributed by atoms with Crippen molar-refractivity contribution in [2.45, 2.75) is 33.7 Å². The van der Waals surface area contributed by atoms with Gasteiger partial charge in [-0.2, -0.15) is 0 Å². The molecular formula is C16H23NO4. The molecule has 0 saturated carbocycles. The molecule has 0 aliphatic carbocycles. The van der Waals surface area contributed by atoms with Crippen LogP contribution >= 0.6 is 0 Å². The Hall–Kier alpha value is -2.04. The van der Waals surface area contributed by atoms with Gasteiger partial charge < -0.3 is 14.4 Å². The quantitative estimate of drug-likeness (QED) is 0.756. The zero-order valence-electron chi connectivity index (χ0n) is 13.3. The van der Waals surface area contributed by atoms with Gasteiger partial charge >= 0.3 is 5.97 Å². The van der Waals surface area contributed by atoms with Crippen LogP contribution in [0.2, 0.25) is 0 Å². The van der Waals surface area contributed by atoms with Crippen LogP contribution in [0.4, 0.5) is 0 Å². The second-order valence-electron chi connectivity index (χ2n) is 5.04. The Labute approximate surface area is 125 Å². The van der Waals surface area contributed by atoms with E-state index in [0.29, 0.717) is 17.9 Å². The van der Waals surface area contributed by atoms with E-state index in [4.69, 9.17) is 9.47 Å². The highest BCUT2D eigenvalue weighted by atomic mass is 16.5. The normalized spacial score (nSPS) is 10.4. The molecule has 0 aromatic heterocycles. The molecule has 0 N–H and O–H groups in total. The van der Waals surface area contributed by atoms with Gasteiger partial charge in [0.05, 0.1) is 19.3 Å². The van der Waals surface area contributed by atoms with E-state index in [1.807, 2.05) is 26.8 Å². The van der Waals surface area contributed by atoms with Gasteiger partial charge in [-0.3, -0.25) is 9.59 Å². The standard InChI is InChI=1S/C16H23NO4/c1-6-21-15(18)10-17(11(2)3)16(19)13-9-12(4)7-8-14(13)20-5/h7-9,11H,6,10H2,1-5H3. The summed E-state index contributed by atoms with van der Waals surface area (Å²) in [4.78, 5) is 25.8. The summed E-state index contributed by atoms with van der Waals surface area (Å²) in [5.74, 6) is -0.148. The molecule has 0 aliphatic heterocycles. The molecule has 5 nitrogen and oxygen atoms in total. The van der Waals surface area contributed by atoms with Crippen molar-refractivity contribution in [2.24, 2.45) is 0 Å². The molecule has 0 saturated heterocycles. The number of hydrogen-bond acceptors (Lipinski definition) is 4. The molecule has 0 spiro atoms. The van der Waals surface area contributed by atoms with Crippen molar-refractivity contribution in [2.75, 3.05) is 20.3 Å². The summed E-state index contributed by atoms with van der Waals surface area (Å²) in [6.07, 6.45) is 0. The lowest BCUT2D eigenvalue weighted by atomic mass is 10.1. The van der Waals surface area contributed by atoms with Gasteiger partial charge in [0.2, 0.25) is 0 Å². The highest BCUT2D eigenvalue weighted by molar-refractivity contribution is 5.98. The first-order valence-electron chi connectivity index (χ1n) is 7.01. The van der Waals surface area contributed by atoms with Gasteiger partial charge in [-0.25, -0.2) is 0 Å². The lowest BCUT2D eigenvalue weighted by Gasteiger charge is -2.26. The smallest absolute Gasteiger partial charge is 0.325 e. The predicted octanol–water partition coefficient (Wildman–Crippen LogP) is 2.42.